The zero-order chi connectivity index (χ0) is 11.5. The van der Waals surface area contributed by atoms with E-state index in [-0.39, 0.29) is 25.4 Å². The van der Waals surface area contributed by atoms with Crippen LogP contribution in [0.5, 0.6) is 0 Å². The van der Waals surface area contributed by atoms with E-state index >= 15 is 0 Å². The van der Waals surface area contributed by atoms with E-state index in [9.17, 15) is 18.0 Å². The lowest BCUT2D eigenvalue weighted by molar-refractivity contribution is -0.127. The van der Waals surface area contributed by atoms with Gasteiger partial charge in [-0.3, -0.25) is 4.79 Å². The number of allylic oxidation sites excluding steroid dienone is 1. The molecule has 1 amide bonds. The molecule has 0 unspecified atom stereocenters. The van der Waals surface area contributed by atoms with Crippen molar-refractivity contribution < 1.29 is 18.0 Å². The molecule has 0 aromatic rings. The number of rotatable bonds is 1. The van der Waals surface area contributed by atoms with E-state index in [2.05, 4.69) is 0 Å². The molecule has 5 heteroatoms. The van der Waals surface area contributed by atoms with Crippen molar-refractivity contribution in [2.45, 2.75) is 19.5 Å². The van der Waals surface area contributed by atoms with Gasteiger partial charge in [0.05, 0.1) is 0 Å². The molecule has 84 valence electrons. The Morgan fingerprint density at radius 1 is 1.53 bits per heavy atom. The minimum atomic E-state index is -4.25. The lowest BCUT2D eigenvalue weighted by atomic mass is 10.1. The summed E-state index contributed by atoms with van der Waals surface area (Å²) in [5, 5.41) is 0. The molecule has 0 bridgehead atoms. The molecule has 0 saturated carbocycles. The van der Waals surface area contributed by atoms with Crippen molar-refractivity contribution >= 4 is 5.91 Å². The van der Waals surface area contributed by atoms with E-state index < -0.39 is 11.7 Å². The molecule has 1 aliphatic heterocycles. The first kappa shape index (κ1) is 11.8. The van der Waals surface area contributed by atoms with Crippen molar-refractivity contribution in [3.8, 4) is 0 Å². The van der Waals surface area contributed by atoms with E-state index in [1.807, 2.05) is 0 Å². The van der Waals surface area contributed by atoms with Crippen LogP contribution in [0.25, 0.3) is 0 Å². The Hall–Kier alpha value is -1.26. The molecule has 1 aliphatic rings. The van der Waals surface area contributed by atoms with Crippen LogP contribution in [-0.4, -0.2) is 30.1 Å². The maximum atomic E-state index is 12.2. The second kappa shape index (κ2) is 4.51. The van der Waals surface area contributed by atoms with Crippen molar-refractivity contribution in [2.24, 2.45) is 0 Å². The molecular weight excluding hydrogens is 207 g/mol. The van der Waals surface area contributed by atoms with E-state index in [0.29, 0.717) is 0 Å². The van der Waals surface area contributed by atoms with E-state index in [1.54, 1.807) is 13.0 Å². The van der Waals surface area contributed by atoms with Crippen LogP contribution in [0.15, 0.2) is 23.8 Å². The van der Waals surface area contributed by atoms with Gasteiger partial charge in [0.15, 0.2) is 0 Å². The molecule has 0 atom stereocenters. The predicted molar refractivity (Wildman–Crippen MR) is 50.1 cm³/mol. The molecular formula is C10H12F3NO. The summed E-state index contributed by atoms with van der Waals surface area (Å²) in [4.78, 5) is 12.7. The van der Waals surface area contributed by atoms with Gasteiger partial charge < -0.3 is 4.90 Å². The van der Waals surface area contributed by atoms with Gasteiger partial charge in [0.1, 0.15) is 0 Å². The number of carbonyl (C=O) groups is 1. The molecule has 0 aromatic carbocycles. The van der Waals surface area contributed by atoms with Gasteiger partial charge in [-0.1, -0.05) is 12.2 Å². The van der Waals surface area contributed by atoms with Crippen LogP contribution >= 0.6 is 0 Å². The fraction of sp³-hybridized carbons (Fsp3) is 0.500. The molecule has 0 radical (unpaired) electrons. The molecule has 2 nitrogen and oxygen atoms in total. The maximum absolute atomic E-state index is 12.2. The van der Waals surface area contributed by atoms with Gasteiger partial charge in [0.2, 0.25) is 5.91 Å². The van der Waals surface area contributed by atoms with Crippen molar-refractivity contribution in [1.29, 1.82) is 0 Å². The Morgan fingerprint density at radius 2 is 2.20 bits per heavy atom. The van der Waals surface area contributed by atoms with Gasteiger partial charge in [-0.25, -0.2) is 0 Å². The van der Waals surface area contributed by atoms with Gasteiger partial charge in [-0.15, -0.1) is 0 Å². The Kier molecular flexibility index (Phi) is 3.55. The zero-order valence-electron chi connectivity index (χ0n) is 8.34. The lowest BCUT2D eigenvalue weighted by Crippen LogP contribution is -2.35. The first-order chi connectivity index (χ1) is 6.95. The molecule has 15 heavy (non-hydrogen) atoms. The lowest BCUT2D eigenvalue weighted by Gasteiger charge is -2.26. The monoisotopic (exact) mass is 219 g/mol. The highest BCUT2D eigenvalue weighted by Gasteiger charge is 2.35. The zero-order valence-corrected chi connectivity index (χ0v) is 8.34. The molecule has 0 fully saturated rings. The Balaban J connectivity index is 2.62. The minimum absolute atomic E-state index is 0.0397. The van der Waals surface area contributed by atoms with E-state index in [0.717, 1.165) is 6.08 Å². The predicted octanol–water partition coefficient (Wildman–Crippen LogP) is 2.28. The Bertz CT molecular complexity index is 304. The summed E-state index contributed by atoms with van der Waals surface area (Å²) in [6.45, 7) is 1.87. The molecule has 1 rings (SSSR count). The molecule has 0 saturated heterocycles. The third-order valence-electron chi connectivity index (χ3n) is 2.19. The van der Waals surface area contributed by atoms with Crippen LogP contribution < -0.4 is 0 Å². The molecule has 0 spiro atoms. The summed E-state index contributed by atoms with van der Waals surface area (Å²) in [6.07, 6.45) is -0.370. The van der Waals surface area contributed by atoms with Crippen molar-refractivity contribution in [3.05, 3.63) is 23.8 Å². The summed E-state index contributed by atoms with van der Waals surface area (Å²) in [7, 11) is 0. The molecule has 0 aromatic heterocycles. The van der Waals surface area contributed by atoms with Crippen LogP contribution in [0.1, 0.15) is 13.3 Å². The quantitative estimate of drug-likeness (QED) is 0.489. The highest BCUT2D eigenvalue weighted by Crippen LogP contribution is 2.30. The second-order valence-electron chi connectivity index (χ2n) is 3.26. The largest absolute Gasteiger partial charge is 0.412 e. The van der Waals surface area contributed by atoms with Gasteiger partial charge >= 0.3 is 6.18 Å². The number of nitrogens with zero attached hydrogens (tertiary/aromatic N) is 1. The summed E-state index contributed by atoms with van der Waals surface area (Å²) in [6, 6.07) is 0. The topological polar surface area (TPSA) is 20.3 Å². The number of hydrogen-bond donors (Lipinski definition) is 0. The minimum Gasteiger partial charge on any atom is -0.335 e. The van der Waals surface area contributed by atoms with Gasteiger partial charge in [-0.05, 0) is 19.4 Å². The normalized spacial score (nSPS) is 18.1. The van der Waals surface area contributed by atoms with Gasteiger partial charge in [-0.2, -0.15) is 13.2 Å². The third kappa shape index (κ3) is 3.11. The van der Waals surface area contributed by atoms with Crippen LogP contribution in [0.4, 0.5) is 13.2 Å². The van der Waals surface area contributed by atoms with E-state index in [1.165, 1.54) is 11.0 Å². The molecule has 1 heterocycles. The average Bonchev–Trinajstić information content (AvgIpc) is 2.17. The first-order valence-electron chi connectivity index (χ1n) is 4.63. The van der Waals surface area contributed by atoms with E-state index in [4.69, 9.17) is 0 Å². The second-order valence-corrected chi connectivity index (χ2v) is 3.26. The number of halogens is 3. The fourth-order valence-electron chi connectivity index (χ4n) is 1.37. The number of carbonyl (C=O) groups excluding carboxylic acids is 1. The van der Waals surface area contributed by atoms with Crippen molar-refractivity contribution in [2.75, 3.05) is 13.1 Å². The fourth-order valence-corrected chi connectivity index (χ4v) is 1.37. The Morgan fingerprint density at radius 3 is 2.60 bits per heavy atom. The number of hydrogen-bond acceptors (Lipinski definition) is 1. The highest BCUT2D eigenvalue weighted by atomic mass is 19.4. The Labute approximate surface area is 86.1 Å². The van der Waals surface area contributed by atoms with Crippen LogP contribution in [0.2, 0.25) is 0 Å². The maximum Gasteiger partial charge on any atom is 0.412 e. The number of amides is 1. The molecule has 0 N–H and O–H groups in total. The van der Waals surface area contributed by atoms with Crippen molar-refractivity contribution in [3.63, 3.8) is 0 Å². The first-order valence-corrected chi connectivity index (χ1v) is 4.63. The molecule has 0 aliphatic carbocycles. The summed E-state index contributed by atoms with van der Waals surface area (Å²) in [5.41, 5.74) is -0.535. The SMILES string of the molecule is C/C=C/C(=O)N1CC=C(C(F)(F)F)CC1. The third-order valence-corrected chi connectivity index (χ3v) is 2.19. The van der Waals surface area contributed by atoms with Crippen molar-refractivity contribution in [1.82, 2.24) is 4.90 Å². The smallest absolute Gasteiger partial charge is 0.335 e. The van der Waals surface area contributed by atoms with Crippen LogP contribution in [0.3, 0.4) is 0 Å². The number of alkyl halides is 3. The summed E-state index contributed by atoms with van der Waals surface area (Å²) in [5.74, 6) is -0.241. The average molecular weight is 219 g/mol. The summed E-state index contributed by atoms with van der Waals surface area (Å²) >= 11 is 0. The van der Waals surface area contributed by atoms with Gasteiger partial charge in [0.25, 0.3) is 0 Å². The van der Waals surface area contributed by atoms with Crippen LogP contribution in [-0.2, 0) is 4.79 Å². The summed E-state index contributed by atoms with van der Waals surface area (Å²) < 4.78 is 36.7. The highest BCUT2D eigenvalue weighted by molar-refractivity contribution is 5.87. The standard InChI is InChI=1S/C10H12F3NO/c1-2-3-9(15)14-6-4-8(5-7-14)10(11,12)13/h2-4H,5-7H2,1H3/b3-2+. The van der Waals surface area contributed by atoms with Gasteiger partial charge in [0, 0.05) is 18.7 Å². The van der Waals surface area contributed by atoms with Crippen LogP contribution in [0, 0.1) is 0 Å².